The number of hydrogen-bond donors (Lipinski definition) is 2. The van der Waals surface area contributed by atoms with Crippen LogP contribution in [0, 0.1) is 17.8 Å². The lowest BCUT2D eigenvalue weighted by atomic mass is 9.95. The Hall–Kier alpha value is -0.570. The van der Waals surface area contributed by atoms with Gasteiger partial charge in [-0.2, -0.15) is 0 Å². The topological polar surface area (TPSA) is 41.1 Å². The molecule has 4 atom stereocenters. The number of carbonyl (C=O) groups excluding carboxylic acids is 1. The van der Waals surface area contributed by atoms with Crippen LogP contribution in [0.4, 0.5) is 0 Å². The van der Waals surface area contributed by atoms with Gasteiger partial charge in [-0.1, -0.05) is 27.2 Å². The van der Waals surface area contributed by atoms with Crippen molar-refractivity contribution in [3.8, 4) is 0 Å². The first-order valence-corrected chi connectivity index (χ1v) is 6.07. The van der Waals surface area contributed by atoms with Crippen LogP contribution in [0.2, 0.25) is 0 Å². The van der Waals surface area contributed by atoms with E-state index in [0.717, 1.165) is 19.5 Å². The summed E-state index contributed by atoms with van der Waals surface area (Å²) in [4.78, 5) is 11.9. The van der Waals surface area contributed by atoms with Crippen LogP contribution in [0.5, 0.6) is 0 Å². The third-order valence-electron chi connectivity index (χ3n) is 3.72. The van der Waals surface area contributed by atoms with Crippen molar-refractivity contribution in [2.75, 3.05) is 13.1 Å². The summed E-state index contributed by atoms with van der Waals surface area (Å²) in [5.74, 6) is 1.41. The van der Waals surface area contributed by atoms with Gasteiger partial charge in [-0.05, 0) is 25.3 Å². The molecule has 1 fully saturated rings. The Labute approximate surface area is 93.0 Å². The smallest absolute Gasteiger partial charge is 0.224 e. The van der Waals surface area contributed by atoms with Crippen molar-refractivity contribution in [1.29, 1.82) is 0 Å². The van der Waals surface area contributed by atoms with Gasteiger partial charge in [0.05, 0.1) is 5.92 Å². The van der Waals surface area contributed by atoms with Crippen molar-refractivity contribution in [2.45, 2.75) is 40.2 Å². The van der Waals surface area contributed by atoms with E-state index >= 15 is 0 Å². The Morgan fingerprint density at radius 2 is 2.13 bits per heavy atom. The fourth-order valence-electron chi connectivity index (χ4n) is 1.99. The Morgan fingerprint density at radius 1 is 1.47 bits per heavy atom. The lowest BCUT2D eigenvalue weighted by Crippen LogP contribution is -2.42. The first-order chi connectivity index (χ1) is 7.06. The van der Waals surface area contributed by atoms with Crippen LogP contribution in [0.3, 0.4) is 0 Å². The standard InChI is InChI=1S/C12H24N2O/c1-5-8(2)10(4)14-12(15)11-7-13-6-9(11)3/h8-11,13H,5-7H2,1-4H3,(H,14,15)/t8?,9-,10?,11-/m1/s1. The minimum absolute atomic E-state index is 0.163. The van der Waals surface area contributed by atoms with E-state index in [9.17, 15) is 4.79 Å². The molecular formula is C12H24N2O. The maximum Gasteiger partial charge on any atom is 0.224 e. The van der Waals surface area contributed by atoms with Crippen LogP contribution in [-0.4, -0.2) is 25.0 Å². The lowest BCUT2D eigenvalue weighted by Gasteiger charge is -2.23. The van der Waals surface area contributed by atoms with Crippen LogP contribution < -0.4 is 10.6 Å². The van der Waals surface area contributed by atoms with E-state index < -0.39 is 0 Å². The quantitative estimate of drug-likeness (QED) is 0.739. The second-order valence-corrected chi connectivity index (χ2v) is 4.92. The van der Waals surface area contributed by atoms with Crippen LogP contribution >= 0.6 is 0 Å². The second-order valence-electron chi connectivity index (χ2n) is 4.92. The highest BCUT2D eigenvalue weighted by Crippen LogP contribution is 2.17. The molecule has 0 radical (unpaired) electrons. The van der Waals surface area contributed by atoms with Crippen LogP contribution in [0.1, 0.15) is 34.1 Å². The molecule has 88 valence electrons. The zero-order valence-electron chi connectivity index (χ0n) is 10.3. The van der Waals surface area contributed by atoms with Crippen LogP contribution in [0.25, 0.3) is 0 Å². The Morgan fingerprint density at radius 3 is 2.60 bits per heavy atom. The summed E-state index contributed by atoms with van der Waals surface area (Å²) in [5.41, 5.74) is 0. The molecule has 0 aromatic rings. The number of nitrogens with one attached hydrogen (secondary N) is 2. The van der Waals surface area contributed by atoms with Gasteiger partial charge in [0.1, 0.15) is 0 Å². The number of rotatable bonds is 4. The molecule has 1 aliphatic heterocycles. The summed E-state index contributed by atoms with van der Waals surface area (Å²) in [6.07, 6.45) is 1.11. The lowest BCUT2D eigenvalue weighted by molar-refractivity contribution is -0.126. The van der Waals surface area contributed by atoms with Gasteiger partial charge in [-0.15, -0.1) is 0 Å². The fraction of sp³-hybridized carbons (Fsp3) is 0.917. The third kappa shape index (κ3) is 3.20. The van der Waals surface area contributed by atoms with Crippen molar-refractivity contribution in [3.63, 3.8) is 0 Å². The van der Waals surface area contributed by atoms with Crippen molar-refractivity contribution < 1.29 is 4.79 Å². The highest BCUT2D eigenvalue weighted by molar-refractivity contribution is 5.79. The predicted octanol–water partition coefficient (Wildman–Crippen LogP) is 1.39. The van der Waals surface area contributed by atoms with E-state index in [-0.39, 0.29) is 17.9 Å². The third-order valence-corrected chi connectivity index (χ3v) is 3.72. The van der Waals surface area contributed by atoms with E-state index in [1.807, 2.05) is 0 Å². The molecule has 0 aliphatic carbocycles. The molecule has 1 aliphatic rings. The molecule has 3 nitrogen and oxygen atoms in total. The van der Waals surface area contributed by atoms with Crippen molar-refractivity contribution in [2.24, 2.45) is 17.8 Å². The monoisotopic (exact) mass is 212 g/mol. The summed E-state index contributed by atoms with van der Waals surface area (Å²) < 4.78 is 0. The normalized spacial score (nSPS) is 29.9. The fourth-order valence-corrected chi connectivity index (χ4v) is 1.99. The molecule has 1 amide bonds. The van der Waals surface area contributed by atoms with Gasteiger partial charge in [-0.25, -0.2) is 0 Å². The van der Waals surface area contributed by atoms with Crippen molar-refractivity contribution >= 4 is 5.91 Å². The molecular weight excluding hydrogens is 188 g/mol. The highest BCUT2D eigenvalue weighted by Gasteiger charge is 2.30. The summed E-state index contributed by atoms with van der Waals surface area (Å²) in [7, 11) is 0. The van der Waals surface area contributed by atoms with E-state index in [1.165, 1.54) is 0 Å². The van der Waals surface area contributed by atoms with Gasteiger partial charge in [0, 0.05) is 12.6 Å². The molecule has 2 unspecified atom stereocenters. The molecule has 0 aromatic carbocycles. The molecule has 0 bridgehead atoms. The average molecular weight is 212 g/mol. The zero-order valence-corrected chi connectivity index (χ0v) is 10.3. The van der Waals surface area contributed by atoms with E-state index in [2.05, 4.69) is 38.3 Å². The molecule has 1 heterocycles. The molecule has 1 saturated heterocycles. The maximum atomic E-state index is 11.9. The number of hydrogen-bond acceptors (Lipinski definition) is 2. The van der Waals surface area contributed by atoms with Crippen molar-refractivity contribution in [1.82, 2.24) is 10.6 Å². The SMILES string of the molecule is CCC(C)C(C)NC(=O)[C@@H]1CNC[C@H]1C. The minimum atomic E-state index is 0.163. The highest BCUT2D eigenvalue weighted by atomic mass is 16.2. The summed E-state index contributed by atoms with van der Waals surface area (Å²) in [6, 6.07) is 0.287. The minimum Gasteiger partial charge on any atom is -0.353 e. The second kappa shape index (κ2) is 5.50. The predicted molar refractivity (Wildman–Crippen MR) is 62.6 cm³/mol. The molecule has 0 spiro atoms. The molecule has 15 heavy (non-hydrogen) atoms. The molecule has 3 heteroatoms. The largest absolute Gasteiger partial charge is 0.353 e. The maximum absolute atomic E-state index is 11.9. The number of amides is 1. The zero-order chi connectivity index (χ0) is 11.4. The van der Waals surface area contributed by atoms with E-state index in [4.69, 9.17) is 0 Å². The molecule has 2 N–H and O–H groups in total. The van der Waals surface area contributed by atoms with Gasteiger partial charge in [0.2, 0.25) is 5.91 Å². The van der Waals surface area contributed by atoms with E-state index in [1.54, 1.807) is 0 Å². The first-order valence-electron chi connectivity index (χ1n) is 6.07. The van der Waals surface area contributed by atoms with Gasteiger partial charge in [-0.3, -0.25) is 4.79 Å². The summed E-state index contributed by atoms with van der Waals surface area (Å²) in [6.45, 7) is 10.4. The summed E-state index contributed by atoms with van der Waals surface area (Å²) >= 11 is 0. The van der Waals surface area contributed by atoms with Crippen molar-refractivity contribution in [3.05, 3.63) is 0 Å². The summed E-state index contributed by atoms with van der Waals surface area (Å²) in [5, 5.41) is 6.38. The van der Waals surface area contributed by atoms with Crippen LogP contribution in [-0.2, 0) is 4.79 Å². The molecule has 0 aromatic heterocycles. The number of carbonyl (C=O) groups is 1. The van der Waals surface area contributed by atoms with Crippen LogP contribution in [0.15, 0.2) is 0 Å². The van der Waals surface area contributed by atoms with Gasteiger partial charge >= 0.3 is 0 Å². The first kappa shape index (κ1) is 12.5. The van der Waals surface area contributed by atoms with Gasteiger partial charge in [0.25, 0.3) is 0 Å². The van der Waals surface area contributed by atoms with E-state index in [0.29, 0.717) is 11.8 Å². The van der Waals surface area contributed by atoms with Gasteiger partial charge in [0.15, 0.2) is 0 Å². The Kier molecular flexibility index (Phi) is 4.58. The van der Waals surface area contributed by atoms with Gasteiger partial charge < -0.3 is 10.6 Å². The molecule has 1 rings (SSSR count). The molecule has 0 saturated carbocycles. The Balaban J connectivity index is 2.41. The average Bonchev–Trinajstić information content (AvgIpc) is 2.63. The Bertz CT molecular complexity index is 218.